The molecule has 0 aromatic rings. The van der Waals surface area contributed by atoms with Crippen LogP contribution in [0.4, 0.5) is 0 Å². The molecule has 2 heteroatoms. The third-order valence-corrected chi connectivity index (χ3v) is 3.64. The second-order valence-electron chi connectivity index (χ2n) is 3.46. The molecule has 0 fully saturated rings. The molecule has 0 aliphatic heterocycles. The largest absolute Gasteiger partial charge is 3.00 e. The maximum atomic E-state index is 3.20. The van der Waals surface area contributed by atoms with E-state index < -0.39 is 8.07 Å². The molecule has 0 amide bonds. The minimum atomic E-state index is -0.981. The minimum absolute atomic E-state index is 0. The standard InChI is InChI=1S/C8H13Si.Zr.2H/c1-9(2,3)8-6-4-5-7-8;;;/h6-7H,4H2,1-3H3;;;/q-1;+3;2*-1. The van der Waals surface area contributed by atoms with E-state index in [9.17, 15) is 0 Å². The third-order valence-electron chi connectivity index (χ3n) is 1.56. The van der Waals surface area contributed by atoms with E-state index in [-0.39, 0.29) is 29.1 Å². The van der Waals surface area contributed by atoms with E-state index in [2.05, 4.69) is 37.9 Å². The Morgan fingerprint density at radius 3 is 2.30 bits per heavy atom. The Morgan fingerprint density at radius 1 is 1.50 bits per heavy atom. The van der Waals surface area contributed by atoms with Gasteiger partial charge in [0.2, 0.25) is 0 Å². The van der Waals surface area contributed by atoms with Crippen molar-refractivity contribution in [2.75, 3.05) is 0 Å². The minimum Gasteiger partial charge on any atom is -1.00 e. The molecule has 0 N–H and O–H groups in total. The Hall–Kier alpha value is 0.580. The molecule has 0 saturated heterocycles. The Morgan fingerprint density at radius 2 is 2.10 bits per heavy atom. The zero-order chi connectivity index (χ0) is 6.91. The van der Waals surface area contributed by atoms with Gasteiger partial charge in [-0.05, 0) is 8.07 Å². The predicted molar refractivity (Wildman–Crippen MR) is 46.1 cm³/mol. The first kappa shape index (κ1) is 10.6. The van der Waals surface area contributed by atoms with Gasteiger partial charge in [0.1, 0.15) is 0 Å². The van der Waals surface area contributed by atoms with Crippen LogP contribution >= 0.6 is 0 Å². The molecule has 0 spiro atoms. The molecule has 0 unspecified atom stereocenters. The smallest absolute Gasteiger partial charge is 1.00 e. The molecule has 10 heavy (non-hydrogen) atoms. The number of allylic oxidation sites excluding steroid dienone is 4. The predicted octanol–water partition coefficient (Wildman–Crippen LogP) is 2.78. The molecule has 1 aliphatic carbocycles. The molecule has 0 nitrogen and oxygen atoms in total. The van der Waals surface area contributed by atoms with E-state index in [0.717, 1.165) is 6.42 Å². The molecular formula is C8H15SiZr. The van der Waals surface area contributed by atoms with E-state index in [1.807, 2.05) is 0 Å². The van der Waals surface area contributed by atoms with Gasteiger partial charge in [0.05, 0.1) is 0 Å². The van der Waals surface area contributed by atoms with Crippen LogP contribution in [-0.2, 0) is 26.2 Å². The fraction of sp³-hybridized carbons (Fsp3) is 0.500. The number of hydrogen-bond acceptors (Lipinski definition) is 0. The second kappa shape index (κ2) is 3.82. The van der Waals surface area contributed by atoms with Gasteiger partial charge in [0.15, 0.2) is 0 Å². The second-order valence-corrected chi connectivity index (χ2v) is 8.54. The zero-order valence-corrected chi connectivity index (χ0v) is 10.3. The molecule has 0 heterocycles. The van der Waals surface area contributed by atoms with Crippen molar-refractivity contribution >= 4 is 8.07 Å². The van der Waals surface area contributed by atoms with E-state index in [1.165, 1.54) is 0 Å². The van der Waals surface area contributed by atoms with Crippen molar-refractivity contribution in [2.24, 2.45) is 0 Å². The van der Waals surface area contributed by atoms with Crippen LogP contribution in [0.2, 0.25) is 19.6 Å². The molecule has 55 valence electrons. The zero-order valence-electron chi connectivity index (χ0n) is 8.86. The topological polar surface area (TPSA) is 0 Å². The molecular weight excluding hydrogens is 215 g/mol. The first-order valence-corrected chi connectivity index (χ1v) is 6.88. The molecule has 1 aliphatic rings. The van der Waals surface area contributed by atoms with Gasteiger partial charge in [-0.3, -0.25) is 6.08 Å². The van der Waals surface area contributed by atoms with Gasteiger partial charge in [0, 0.05) is 0 Å². The summed E-state index contributed by atoms with van der Waals surface area (Å²) in [5.74, 6) is 0. The van der Waals surface area contributed by atoms with Gasteiger partial charge >= 0.3 is 26.2 Å². The Balaban J connectivity index is -0.000000270. The van der Waals surface area contributed by atoms with E-state index >= 15 is 0 Å². The molecule has 0 aromatic heterocycles. The van der Waals surface area contributed by atoms with Gasteiger partial charge in [0.25, 0.3) is 0 Å². The summed E-state index contributed by atoms with van der Waals surface area (Å²) in [6.07, 6.45) is 8.69. The third kappa shape index (κ3) is 2.67. The molecule has 0 aromatic carbocycles. The Kier molecular flexibility index (Phi) is 4.05. The summed E-state index contributed by atoms with van der Waals surface area (Å²) >= 11 is 0. The fourth-order valence-corrected chi connectivity index (χ4v) is 2.17. The summed E-state index contributed by atoms with van der Waals surface area (Å²) in [4.78, 5) is 0. The van der Waals surface area contributed by atoms with Crippen LogP contribution in [-0.4, -0.2) is 8.07 Å². The van der Waals surface area contributed by atoms with Crippen molar-refractivity contribution < 1.29 is 29.1 Å². The van der Waals surface area contributed by atoms with Gasteiger partial charge in [-0.25, -0.2) is 11.3 Å². The molecule has 0 bridgehead atoms. The van der Waals surface area contributed by atoms with Gasteiger partial charge in [-0.15, -0.1) is 6.42 Å². The summed E-state index contributed by atoms with van der Waals surface area (Å²) in [7, 11) is -0.981. The quantitative estimate of drug-likeness (QED) is 0.480. The summed E-state index contributed by atoms with van der Waals surface area (Å²) in [5, 5.41) is 1.56. The van der Waals surface area contributed by atoms with Gasteiger partial charge in [-0.2, -0.15) is 6.08 Å². The SMILES string of the molecule is C[Si](C)(C)C1=CC[C-]=C1.[H-].[H-].[Zr+3]. The number of hydrogen-bond donors (Lipinski definition) is 0. The van der Waals surface area contributed by atoms with Crippen molar-refractivity contribution in [1.82, 2.24) is 0 Å². The van der Waals surface area contributed by atoms with E-state index in [0.29, 0.717) is 0 Å². The molecule has 0 atom stereocenters. The summed E-state index contributed by atoms with van der Waals surface area (Å²) < 4.78 is 0. The van der Waals surface area contributed by atoms with Crippen molar-refractivity contribution in [2.45, 2.75) is 26.1 Å². The van der Waals surface area contributed by atoms with Crippen LogP contribution in [0.3, 0.4) is 0 Å². The average Bonchev–Trinajstić information content (AvgIpc) is 2.08. The van der Waals surface area contributed by atoms with Crippen molar-refractivity contribution in [3.05, 3.63) is 23.4 Å². The van der Waals surface area contributed by atoms with Crippen molar-refractivity contribution in [3.63, 3.8) is 0 Å². The summed E-state index contributed by atoms with van der Waals surface area (Å²) in [6, 6.07) is 0. The first-order chi connectivity index (χ1) is 4.11. The monoisotopic (exact) mass is 229 g/mol. The van der Waals surface area contributed by atoms with Crippen LogP contribution in [0.25, 0.3) is 0 Å². The van der Waals surface area contributed by atoms with Crippen molar-refractivity contribution in [1.29, 1.82) is 0 Å². The maximum absolute atomic E-state index is 3.20. The van der Waals surface area contributed by atoms with Crippen LogP contribution in [0.15, 0.2) is 17.3 Å². The van der Waals surface area contributed by atoms with Crippen LogP contribution in [0, 0.1) is 6.08 Å². The van der Waals surface area contributed by atoms with E-state index in [1.54, 1.807) is 5.20 Å². The van der Waals surface area contributed by atoms with Crippen molar-refractivity contribution in [3.8, 4) is 0 Å². The average molecular weight is 231 g/mol. The molecule has 0 saturated carbocycles. The fourth-order valence-electron chi connectivity index (χ4n) is 0.919. The van der Waals surface area contributed by atoms with Gasteiger partial charge in [-0.1, -0.05) is 19.6 Å². The van der Waals surface area contributed by atoms with Crippen LogP contribution in [0.1, 0.15) is 9.27 Å². The summed E-state index contributed by atoms with van der Waals surface area (Å²) in [6.45, 7) is 7.09. The summed E-state index contributed by atoms with van der Waals surface area (Å²) in [5.41, 5.74) is 0. The maximum Gasteiger partial charge on any atom is 3.00 e. The van der Waals surface area contributed by atoms with E-state index in [4.69, 9.17) is 0 Å². The van der Waals surface area contributed by atoms with Crippen LogP contribution in [0.5, 0.6) is 0 Å². The Bertz CT molecular complexity index is 170. The van der Waals surface area contributed by atoms with Gasteiger partial charge < -0.3 is 2.85 Å². The Labute approximate surface area is 86.5 Å². The molecule has 1 radical (unpaired) electrons. The molecule has 1 rings (SSSR count). The van der Waals surface area contributed by atoms with Crippen LogP contribution < -0.4 is 0 Å². The number of rotatable bonds is 1. The normalized spacial score (nSPS) is 16.5. The first-order valence-electron chi connectivity index (χ1n) is 3.38.